The van der Waals surface area contributed by atoms with Crippen LogP contribution in [0.5, 0.6) is 0 Å². The predicted octanol–water partition coefficient (Wildman–Crippen LogP) is -0.222. The zero-order valence-electron chi connectivity index (χ0n) is 10.8. The molecule has 0 spiro atoms. The number of rotatable bonds is 5. The van der Waals surface area contributed by atoms with Gasteiger partial charge in [-0.05, 0) is 0 Å². The first kappa shape index (κ1) is 14.4. The standard InChI is InChI=1S/C12H14N4O3/c1-4-7-14-10-9(8(17)5-6-13)11(18)16(3)12(19)15(10)2/h4,14H,1,5,7H2,2-3H3. The quantitative estimate of drug-likeness (QED) is 0.584. The van der Waals surface area contributed by atoms with Crippen molar-refractivity contribution in [3.8, 4) is 6.07 Å². The minimum absolute atomic E-state index is 0.105. The van der Waals surface area contributed by atoms with Crippen LogP contribution in [0, 0.1) is 11.3 Å². The molecule has 7 heteroatoms. The highest BCUT2D eigenvalue weighted by Crippen LogP contribution is 2.10. The fourth-order valence-corrected chi connectivity index (χ4v) is 1.63. The summed E-state index contributed by atoms with van der Waals surface area (Å²) in [6.07, 6.45) is 1.11. The maximum absolute atomic E-state index is 12.0. The van der Waals surface area contributed by atoms with E-state index in [1.165, 1.54) is 20.2 Å². The Morgan fingerprint density at radius 2 is 2.05 bits per heavy atom. The summed E-state index contributed by atoms with van der Waals surface area (Å²) in [5.74, 6) is -0.515. The molecule has 0 saturated heterocycles. The van der Waals surface area contributed by atoms with Crippen LogP contribution in [0.3, 0.4) is 0 Å². The van der Waals surface area contributed by atoms with E-state index in [-0.39, 0.29) is 17.9 Å². The first-order valence-electron chi connectivity index (χ1n) is 5.50. The van der Waals surface area contributed by atoms with E-state index in [2.05, 4.69) is 11.9 Å². The number of carbonyl (C=O) groups is 1. The Hall–Kier alpha value is -2.62. The van der Waals surface area contributed by atoms with Crippen LogP contribution in [0.2, 0.25) is 0 Å². The maximum atomic E-state index is 12.0. The Bertz CT molecular complexity index is 676. The van der Waals surface area contributed by atoms with E-state index in [0.717, 1.165) is 9.13 Å². The summed E-state index contributed by atoms with van der Waals surface area (Å²) in [7, 11) is 2.72. The van der Waals surface area contributed by atoms with Crippen LogP contribution in [0.1, 0.15) is 16.8 Å². The first-order chi connectivity index (χ1) is 8.95. The third kappa shape index (κ3) is 2.63. The van der Waals surface area contributed by atoms with Gasteiger partial charge >= 0.3 is 5.69 Å². The number of hydrogen-bond donors (Lipinski definition) is 1. The molecule has 1 N–H and O–H groups in total. The average molecular weight is 262 g/mol. The fourth-order valence-electron chi connectivity index (χ4n) is 1.63. The van der Waals surface area contributed by atoms with Gasteiger partial charge in [-0.2, -0.15) is 5.26 Å². The van der Waals surface area contributed by atoms with Gasteiger partial charge in [-0.3, -0.25) is 18.7 Å². The van der Waals surface area contributed by atoms with Gasteiger partial charge in [0, 0.05) is 20.6 Å². The van der Waals surface area contributed by atoms with Crippen molar-refractivity contribution in [1.29, 1.82) is 5.26 Å². The third-order valence-corrected chi connectivity index (χ3v) is 2.60. The lowest BCUT2D eigenvalue weighted by atomic mass is 10.1. The van der Waals surface area contributed by atoms with Crippen LogP contribution in [-0.4, -0.2) is 21.5 Å². The topological polar surface area (TPSA) is 96.9 Å². The molecule has 19 heavy (non-hydrogen) atoms. The molecule has 0 saturated carbocycles. The van der Waals surface area contributed by atoms with Crippen molar-refractivity contribution in [2.45, 2.75) is 6.42 Å². The van der Waals surface area contributed by atoms with Crippen molar-refractivity contribution in [2.24, 2.45) is 14.1 Å². The number of hydrogen-bond acceptors (Lipinski definition) is 5. The van der Waals surface area contributed by atoms with Gasteiger partial charge < -0.3 is 5.32 Å². The Kier molecular flexibility index (Phi) is 4.42. The average Bonchev–Trinajstić information content (AvgIpc) is 2.39. The number of ketones is 1. The van der Waals surface area contributed by atoms with Gasteiger partial charge in [-0.25, -0.2) is 4.79 Å². The van der Waals surface area contributed by atoms with E-state index >= 15 is 0 Å². The van der Waals surface area contributed by atoms with Crippen molar-refractivity contribution in [3.05, 3.63) is 39.1 Å². The van der Waals surface area contributed by atoms with E-state index in [1.807, 2.05) is 0 Å². The molecular weight excluding hydrogens is 248 g/mol. The van der Waals surface area contributed by atoms with Crippen LogP contribution in [0.4, 0.5) is 5.82 Å². The van der Waals surface area contributed by atoms with E-state index in [4.69, 9.17) is 5.26 Å². The summed E-state index contributed by atoms with van der Waals surface area (Å²) in [5.41, 5.74) is -1.45. The van der Waals surface area contributed by atoms with Crippen LogP contribution in [0.15, 0.2) is 22.2 Å². The van der Waals surface area contributed by atoms with E-state index < -0.39 is 23.5 Å². The van der Waals surface area contributed by atoms with E-state index in [9.17, 15) is 14.4 Å². The van der Waals surface area contributed by atoms with Crippen LogP contribution in [0.25, 0.3) is 0 Å². The molecule has 0 aliphatic heterocycles. The van der Waals surface area contributed by atoms with Crippen LogP contribution >= 0.6 is 0 Å². The smallest absolute Gasteiger partial charge is 0.332 e. The van der Waals surface area contributed by atoms with Crippen molar-refractivity contribution in [2.75, 3.05) is 11.9 Å². The maximum Gasteiger partial charge on any atom is 0.332 e. The molecule has 0 aliphatic rings. The van der Waals surface area contributed by atoms with Crippen molar-refractivity contribution in [3.63, 3.8) is 0 Å². The normalized spacial score (nSPS) is 9.74. The van der Waals surface area contributed by atoms with E-state index in [0.29, 0.717) is 0 Å². The van der Waals surface area contributed by atoms with Gasteiger partial charge in [0.2, 0.25) is 0 Å². The summed E-state index contributed by atoms with van der Waals surface area (Å²) in [5, 5.41) is 11.3. The number of Topliss-reactive ketones (excluding diaryl/α,β-unsaturated/α-hetero) is 1. The molecule has 0 atom stereocenters. The van der Waals surface area contributed by atoms with Gasteiger partial charge in [0.15, 0.2) is 5.78 Å². The Morgan fingerprint density at radius 1 is 1.42 bits per heavy atom. The second-order valence-electron chi connectivity index (χ2n) is 3.86. The van der Waals surface area contributed by atoms with E-state index in [1.54, 1.807) is 6.07 Å². The Labute approximate surface area is 109 Å². The third-order valence-electron chi connectivity index (χ3n) is 2.60. The van der Waals surface area contributed by atoms with Gasteiger partial charge in [0.1, 0.15) is 11.4 Å². The highest BCUT2D eigenvalue weighted by atomic mass is 16.2. The van der Waals surface area contributed by atoms with Gasteiger partial charge in [0.05, 0.1) is 12.5 Å². The highest BCUT2D eigenvalue weighted by Gasteiger charge is 2.21. The minimum Gasteiger partial charge on any atom is -0.367 e. The minimum atomic E-state index is -0.713. The Morgan fingerprint density at radius 3 is 2.58 bits per heavy atom. The summed E-state index contributed by atoms with van der Waals surface area (Å²) in [6, 6.07) is 1.70. The SMILES string of the molecule is C=CCNc1c(C(=O)CC#N)c(=O)n(C)c(=O)n1C. The summed E-state index contributed by atoms with van der Waals surface area (Å²) >= 11 is 0. The lowest BCUT2D eigenvalue weighted by molar-refractivity contribution is 0.0995. The van der Waals surface area contributed by atoms with Crippen LogP contribution < -0.4 is 16.6 Å². The molecule has 0 aliphatic carbocycles. The van der Waals surface area contributed by atoms with Crippen molar-refractivity contribution in [1.82, 2.24) is 9.13 Å². The molecule has 0 amide bonds. The molecule has 1 rings (SSSR count). The molecule has 0 radical (unpaired) electrons. The molecule has 1 aromatic heterocycles. The van der Waals surface area contributed by atoms with Gasteiger partial charge in [-0.15, -0.1) is 6.58 Å². The molecule has 0 unspecified atom stereocenters. The van der Waals surface area contributed by atoms with Gasteiger partial charge in [0.25, 0.3) is 5.56 Å². The van der Waals surface area contributed by atoms with Crippen LogP contribution in [-0.2, 0) is 14.1 Å². The zero-order valence-corrected chi connectivity index (χ0v) is 10.8. The zero-order chi connectivity index (χ0) is 14.6. The fraction of sp³-hybridized carbons (Fsp3) is 0.333. The lowest BCUT2D eigenvalue weighted by Gasteiger charge is -2.14. The molecular formula is C12H14N4O3. The molecule has 7 nitrogen and oxygen atoms in total. The van der Waals surface area contributed by atoms with Crippen molar-refractivity contribution < 1.29 is 4.79 Å². The second kappa shape index (κ2) is 5.82. The number of carbonyl (C=O) groups excluding carboxylic acids is 1. The molecule has 1 aromatic rings. The predicted molar refractivity (Wildman–Crippen MR) is 70.2 cm³/mol. The number of nitrogens with one attached hydrogen (secondary N) is 1. The van der Waals surface area contributed by atoms with Crippen molar-refractivity contribution >= 4 is 11.6 Å². The molecule has 0 fully saturated rings. The summed E-state index contributed by atoms with van der Waals surface area (Å²) in [6.45, 7) is 3.79. The molecule has 1 heterocycles. The summed E-state index contributed by atoms with van der Waals surface area (Å²) < 4.78 is 2.00. The summed E-state index contributed by atoms with van der Waals surface area (Å²) in [4.78, 5) is 35.6. The van der Waals surface area contributed by atoms with Gasteiger partial charge in [-0.1, -0.05) is 6.08 Å². The number of aromatic nitrogens is 2. The Balaban J connectivity index is 3.62. The largest absolute Gasteiger partial charge is 0.367 e. The molecule has 100 valence electrons. The molecule has 0 bridgehead atoms. The number of nitriles is 1. The first-order valence-corrected chi connectivity index (χ1v) is 5.50. The molecule has 0 aromatic carbocycles. The number of anilines is 1. The lowest BCUT2D eigenvalue weighted by Crippen LogP contribution is -2.41. The number of nitrogens with zero attached hydrogens (tertiary/aromatic N) is 3. The highest BCUT2D eigenvalue weighted by molar-refractivity contribution is 6.01. The second-order valence-corrected chi connectivity index (χ2v) is 3.86. The monoisotopic (exact) mass is 262 g/mol.